The van der Waals surface area contributed by atoms with Crippen LogP contribution in [-0.2, 0) is 6.54 Å². The smallest absolute Gasteiger partial charge is 0.272 e. The zero-order valence-electron chi connectivity index (χ0n) is 11.6. The molecule has 1 heterocycles. The van der Waals surface area contributed by atoms with Crippen molar-refractivity contribution in [1.29, 1.82) is 0 Å². The van der Waals surface area contributed by atoms with Gasteiger partial charge < -0.3 is 5.32 Å². The van der Waals surface area contributed by atoms with E-state index in [4.69, 9.17) is 0 Å². The molecule has 1 fully saturated rings. The summed E-state index contributed by atoms with van der Waals surface area (Å²) < 4.78 is 14.0. The minimum Gasteiger partial charge on any atom is -0.315 e. The molecule has 110 valence electrons. The molecule has 1 saturated heterocycles. The lowest BCUT2D eigenvalue weighted by atomic mass is 10.1. The Morgan fingerprint density at radius 2 is 2.35 bits per heavy atom. The molecule has 1 unspecified atom stereocenters. The summed E-state index contributed by atoms with van der Waals surface area (Å²) in [4.78, 5) is 12.3. The summed E-state index contributed by atoms with van der Waals surface area (Å²) in [5.41, 5.74) is 0.326. The molecule has 6 heteroatoms. The molecule has 1 aliphatic heterocycles. The molecule has 1 atom stereocenters. The fourth-order valence-electron chi connectivity index (χ4n) is 2.63. The molecule has 20 heavy (non-hydrogen) atoms. The number of hydrogen-bond acceptors (Lipinski definition) is 4. The van der Waals surface area contributed by atoms with Crippen LogP contribution in [0.25, 0.3) is 0 Å². The van der Waals surface area contributed by atoms with E-state index in [0.717, 1.165) is 38.5 Å². The van der Waals surface area contributed by atoms with Gasteiger partial charge in [0, 0.05) is 30.8 Å². The Bertz CT molecular complexity index is 475. The van der Waals surface area contributed by atoms with Crippen molar-refractivity contribution in [3.63, 3.8) is 0 Å². The lowest BCUT2D eigenvalue weighted by molar-refractivity contribution is -0.385. The molecular weight excluding hydrogens is 261 g/mol. The second-order valence-electron chi connectivity index (χ2n) is 5.15. The Morgan fingerprint density at radius 3 is 2.90 bits per heavy atom. The molecule has 0 radical (unpaired) electrons. The van der Waals surface area contributed by atoms with Crippen molar-refractivity contribution in [2.24, 2.45) is 0 Å². The van der Waals surface area contributed by atoms with Crippen LogP contribution < -0.4 is 5.32 Å². The summed E-state index contributed by atoms with van der Waals surface area (Å²) >= 11 is 0. The van der Waals surface area contributed by atoms with E-state index < -0.39 is 10.7 Å². The number of nitro benzene ring substituents is 1. The average Bonchev–Trinajstić information content (AvgIpc) is 2.94. The Kier molecular flexibility index (Phi) is 5.03. The normalized spacial score (nSPS) is 18.6. The van der Waals surface area contributed by atoms with E-state index in [-0.39, 0.29) is 5.69 Å². The Labute approximate surface area is 117 Å². The summed E-state index contributed by atoms with van der Waals surface area (Å²) in [7, 11) is 0. The number of non-ortho nitro benzene ring substituents is 1. The molecule has 5 nitrogen and oxygen atoms in total. The molecule has 0 aliphatic carbocycles. The highest BCUT2D eigenvalue weighted by Crippen LogP contribution is 2.20. The van der Waals surface area contributed by atoms with Gasteiger partial charge in [0.05, 0.1) is 11.0 Å². The maximum Gasteiger partial charge on any atom is 0.272 e. The Morgan fingerprint density at radius 1 is 1.55 bits per heavy atom. The second kappa shape index (κ2) is 6.76. The Balaban J connectivity index is 2.11. The van der Waals surface area contributed by atoms with Crippen LogP contribution in [0.15, 0.2) is 18.2 Å². The molecule has 2 rings (SSSR count). The summed E-state index contributed by atoms with van der Waals surface area (Å²) in [6, 6.07) is 4.32. The van der Waals surface area contributed by atoms with Crippen LogP contribution in [-0.4, -0.2) is 35.5 Å². The minimum atomic E-state index is -0.572. The summed E-state index contributed by atoms with van der Waals surface area (Å²) in [6.45, 7) is 5.43. The fraction of sp³-hybridized carbons (Fsp3) is 0.571. The van der Waals surface area contributed by atoms with Gasteiger partial charge in [-0.3, -0.25) is 15.0 Å². The van der Waals surface area contributed by atoms with Crippen molar-refractivity contribution >= 4 is 5.69 Å². The number of rotatable bonds is 6. The van der Waals surface area contributed by atoms with E-state index >= 15 is 0 Å². The molecular formula is C14H20FN3O2. The number of hydrogen-bond donors (Lipinski definition) is 1. The van der Waals surface area contributed by atoms with Crippen LogP contribution in [0.5, 0.6) is 0 Å². The van der Waals surface area contributed by atoms with E-state index in [2.05, 4.69) is 17.1 Å². The summed E-state index contributed by atoms with van der Waals surface area (Å²) in [5, 5.41) is 13.9. The van der Waals surface area contributed by atoms with E-state index in [0.29, 0.717) is 18.2 Å². The van der Waals surface area contributed by atoms with Crippen LogP contribution in [0.2, 0.25) is 0 Å². The van der Waals surface area contributed by atoms with E-state index in [1.54, 1.807) is 0 Å². The van der Waals surface area contributed by atoms with E-state index in [1.807, 2.05) is 0 Å². The molecule has 1 aliphatic rings. The van der Waals surface area contributed by atoms with Crippen molar-refractivity contribution < 1.29 is 9.31 Å². The van der Waals surface area contributed by atoms with E-state index in [1.165, 1.54) is 12.1 Å². The average molecular weight is 281 g/mol. The van der Waals surface area contributed by atoms with Gasteiger partial charge >= 0.3 is 0 Å². The first-order valence-electron chi connectivity index (χ1n) is 6.99. The third kappa shape index (κ3) is 3.52. The van der Waals surface area contributed by atoms with Crippen molar-refractivity contribution in [3.05, 3.63) is 39.7 Å². The van der Waals surface area contributed by atoms with Crippen LogP contribution in [0.1, 0.15) is 25.3 Å². The van der Waals surface area contributed by atoms with Gasteiger partial charge in [-0.2, -0.15) is 0 Å². The topological polar surface area (TPSA) is 58.4 Å². The van der Waals surface area contributed by atoms with Gasteiger partial charge in [0.2, 0.25) is 0 Å². The quantitative estimate of drug-likeness (QED) is 0.642. The van der Waals surface area contributed by atoms with Gasteiger partial charge in [0.15, 0.2) is 0 Å². The minimum absolute atomic E-state index is 0.198. The number of nitro groups is 1. The summed E-state index contributed by atoms with van der Waals surface area (Å²) in [6.07, 6.45) is 2.07. The lowest BCUT2D eigenvalue weighted by Crippen LogP contribution is -2.37. The first-order chi connectivity index (χ1) is 9.61. The Hall–Kier alpha value is -1.53. The highest BCUT2D eigenvalue weighted by molar-refractivity contribution is 5.34. The first-order valence-corrected chi connectivity index (χ1v) is 6.99. The number of nitrogens with zero attached hydrogens (tertiary/aromatic N) is 2. The SMILES string of the molecule is CCCN(Cc1ccc([N+](=O)[O-])cc1F)C1CCNC1. The summed E-state index contributed by atoms with van der Waals surface area (Å²) in [5.74, 6) is -0.494. The molecule has 0 saturated carbocycles. The van der Waals surface area contributed by atoms with Crippen LogP contribution in [0.3, 0.4) is 0 Å². The van der Waals surface area contributed by atoms with Crippen molar-refractivity contribution in [3.8, 4) is 0 Å². The van der Waals surface area contributed by atoms with Crippen molar-refractivity contribution in [2.75, 3.05) is 19.6 Å². The van der Waals surface area contributed by atoms with Gasteiger partial charge in [0.25, 0.3) is 5.69 Å². The molecule has 0 aromatic heterocycles. The fourth-order valence-corrected chi connectivity index (χ4v) is 2.63. The van der Waals surface area contributed by atoms with Gasteiger partial charge in [-0.25, -0.2) is 4.39 Å². The van der Waals surface area contributed by atoms with Gasteiger partial charge in [-0.05, 0) is 32.0 Å². The van der Waals surface area contributed by atoms with Crippen molar-refractivity contribution in [2.45, 2.75) is 32.4 Å². The maximum absolute atomic E-state index is 14.0. The van der Waals surface area contributed by atoms with Crippen LogP contribution in [0, 0.1) is 15.9 Å². The first kappa shape index (κ1) is 14.9. The zero-order valence-corrected chi connectivity index (χ0v) is 11.6. The monoisotopic (exact) mass is 281 g/mol. The molecule has 0 spiro atoms. The zero-order chi connectivity index (χ0) is 14.5. The highest BCUT2D eigenvalue weighted by Gasteiger charge is 2.23. The predicted octanol–water partition coefficient (Wildman–Crippen LogP) is 2.31. The highest BCUT2D eigenvalue weighted by atomic mass is 19.1. The van der Waals surface area contributed by atoms with Gasteiger partial charge in [-0.15, -0.1) is 0 Å². The maximum atomic E-state index is 14.0. The molecule has 1 aromatic carbocycles. The van der Waals surface area contributed by atoms with Crippen molar-refractivity contribution in [1.82, 2.24) is 10.2 Å². The lowest BCUT2D eigenvalue weighted by Gasteiger charge is -2.28. The third-order valence-electron chi connectivity index (χ3n) is 3.68. The number of benzene rings is 1. The second-order valence-corrected chi connectivity index (χ2v) is 5.15. The number of halogens is 1. The third-order valence-corrected chi connectivity index (χ3v) is 3.68. The van der Waals surface area contributed by atoms with Crippen LogP contribution >= 0.6 is 0 Å². The molecule has 0 bridgehead atoms. The largest absolute Gasteiger partial charge is 0.315 e. The van der Waals surface area contributed by atoms with Crippen LogP contribution in [0.4, 0.5) is 10.1 Å². The van der Waals surface area contributed by atoms with Gasteiger partial charge in [-0.1, -0.05) is 6.92 Å². The molecule has 1 N–H and O–H groups in total. The molecule has 0 amide bonds. The van der Waals surface area contributed by atoms with Gasteiger partial charge in [0.1, 0.15) is 5.82 Å². The predicted molar refractivity (Wildman–Crippen MR) is 75.0 cm³/mol. The van der Waals surface area contributed by atoms with E-state index in [9.17, 15) is 14.5 Å². The molecule has 1 aromatic rings. The number of nitrogens with one attached hydrogen (secondary N) is 1. The standard InChI is InChI=1S/C14H20FN3O2/c1-2-7-17(13-5-6-16-9-13)10-11-3-4-12(18(19)20)8-14(11)15/h3-4,8,13,16H,2,5-7,9-10H2,1H3.